The normalized spacial score (nSPS) is 17.1. The van der Waals surface area contributed by atoms with E-state index in [1.54, 1.807) is 26.0 Å². The van der Waals surface area contributed by atoms with Crippen LogP contribution in [-0.2, 0) is 24.3 Å². The summed E-state index contributed by atoms with van der Waals surface area (Å²) in [6, 6.07) is 17.0. The van der Waals surface area contributed by atoms with Gasteiger partial charge in [-0.3, -0.25) is 9.59 Å². The van der Waals surface area contributed by atoms with Crippen molar-refractivity contribution >= 4 is 33.7 Å². The van der Waals surface area contributed by atoms with Crippen LogP contribution in [-0.4, -0.2) is 54.9 Å². The fourth-order valence-electron chi connectivity index (χ4n) is 4.51. The van der Waals surface area contributed by atoms with Gasteiger partial charge >= 0.3 is 5.97 Å². The van der Waals surface area contributed by atoms with Gasteiger partial charge in [0.05, 0.1) is 17.5 Å². The molecule has 1 heterocycles. The summed E-state index contributed by atoms with van der Waals surface area (Å²) in [5.41, 5.74) is 7.17. The minimum absolute atomic E-state index is 0.0209. The first-order valence-electron chi connectivity index (χ1n) is 13.5. The fraction of sp³-hybridized carbons (Fsp3) is 0.333. The van der Waals surface area contributed by atoms with Gasteiger partial charge in [0, 0.05) is 24.3 Å². The highest BCUT2D eigenvalue weighted by Gasteiger charge is 2.41. The summed E-state index contributed by atoms with van der Waals surface area (Å²) >= 11 is 1.11. The number of carbonyl (C=O) groups is 2. The van der Waals surface area contributed by atoms with Gasteiger partial charge in [-0.2, -0.15) is 4.31 Å². The number of sulfonamides is 1. The van der Waals surface area contributed by atoms with Crippen LogP contribution in [0.5, 0.6) is 0 Å². The van der Waals surface area contributed by atoms with Crippen molar-refractivity contribution in [2.24, 2.45) is 11.7 Å². The molecule has 1 amide bonds. The third kappa shape index (κ3) is 7.17. The van der Waals surface area contributed by atoms with Gasteiger partial charge in [0.25, 0.3) is 0 Å². The molecule has 0 aromatic heterocycles. The average Bonchev–Trinajstić information content (AvgIpc) is 3.48. The van der Waals surface area contributed by atoms with Crippen LogP contribution in [0, 0.1) is 17.6 Å². The molecule has 12 heteroatoms. The van der Waals surface area contributed by atoms with Crippen molar-refractivity contribution < 1.29 is 31.5 Å². The van der Waals surface area contributed by atoms with E-state index in [0.29, 0.717) is 5.75 Å². The van der Waals surface area contributed by atoms with Gasteiger partial charge in [-0.1, -0.05) is 62.4 Å². The van der Waals surface area contributed by atoms with E-state index in [9.17, 15) is 26.8 Å². The smallest absolute Gasteiger partial charge is 0.323 e. The van der Waals surface area contributed by atoms with E-state index in [1.807, 2.05) is 30.3 Å². The Balaban J connectivity index is 1.52. The topological polar surface area (TPSA) is 119 Å². The van der Waals surface area contributed by atoms with Crippen molar-refractivity contribution in [2.45, 2.75) is 42.6 Å². The van der Waals surface area contributed by atoms with Gasteiger partial charge in [0.2, 0.25) is 15.9 Å². The first-order chi connectivity index (χ1) is 20.0. The summed E-state index contributed by atoms with van der Waals surface area (Å²) in [6.45, 7) is 3.31. The molecule has 0 unspecified atom stereocenters. The Bertz CT molecular complexity index is 1480. The maximum Gasteiger partial charge on any atom is 0.323 e. The van der Waals surface area contributed by atoms with Crippen LogP contribution in [0.4, 0.5) is 8.78 Å². The molecular weight excluding hydrogens is 584 g/mol. The molecule has 3 aromatic carbocycles. The molecule has 4 rings (SSSR count). The Labute approximate surface area is 248 Å². The van der Waals surface area contributed by atoms with Gasteiger partial charge in [0.15, 0.2) is 0 Å². The van der Waals surface area contributed by atoms with Gasteiger partial charge < -0.3 is 15.8 Å². The Hall–Kier alpha value is -3.32. The van der Waals surface area contributed by atoms with Crippen LogP contribution in [0.1, 0.15) is 31.9 Å². The lowest BCUT2D eigenvalue weighted by molar-refractivity contribution is -0.146. The molecule has 0 spiro atoms. The lowest BCUT2D eigenvalue weighted by Gasteiger charge is -2.26. The molecule has 0 bridgehead atoms. The number of thioether (sulfide) groups is 1. The number of benzene rings is 3. The maximum atomic E-state index is 14.8. The zero-order valence-corrected chi connectivity index (χ0v) is 24.8. The number of amides is 1. The summed E-state index contributed by atoms with van der Waals surface area (Å²) in [5.74, 6) is -3.03. The quantitative estimate of drug-likeness (QED) is 0.305. The number of halogens is 2. The first kappa shape index (κ1) is 31.6. The highest BCUT2D eigenvalue weighted by Crippen LogP contribution is 2.33. The van der Waals surface area contributed by atoms with Gasteiger partial charge in [0.1, 0.15) is 23.1 Å². The molecular formula is C30H33F2N3O5S2. The molecule has 0 aliphatic carbocycles. The fourth-order valence-corrected chi connectivity index (χ4v) is 7.60. The lowest BCUT2D eigenvalue weighted by atomic mass is 10.0. The monoisotopic (exact) mass is 617 g/mol. The molecule has 42 heavy (non-hydrogen) atoms. The van der Waals surface area contributed by atoms with Crippen LogP contribution in [0.3, 0.4) is 0 Å². The molecule has 1 aliphatic rings. The third-order valence-corrected chi connectivity index (χ3v) is 10.2. The number of esters is 1. The van der Waals surface area contributed by atoms with E-state index in [0.717, 1.165) is 39.3 Å². The Morgan fingerprint density at radius 2 is 1.62 bits per heavy atom. The minimum atomic E-state index is -4.07. The first-order valence-corrected chi connectivity index (χ1v) is 15.9. The van der Waals surface area contributed by atoms with Crippen molar-refractivity contribution in [3.8, 4) is 11.1 Å². The second-order valence-electron chi connectivity index (χ2n) is 10.2. The average molecular weight is 618 g/mol. The Morgan fingerprint density at radius 1 is 1.00 bits per heavy atom. The number of nitrogens with one attached hydrogen (secondary N) is 1. The molecule has 0 saturated carbocycles. The van der Waals surface area contributed by atoms with Crippen LogP contribution in [0.25, 0.3) is 11.1 Å². The van der Waals surface area contributed by atoms with Crippen LogP contribution in [0.15, 0.2) is 77.7 Å². The summed E-state index contributed by atoms with van der Waals surface area (Å²) < 4.78 is 63.0. The van der Waals surface area contributed by atoms with Gasteiger partial charge in [-0.15, -0.1) is 11.8 Å². The van der Waals surface area contributed by atoms with Crippen molar-refractivity contribution in [1.82, 2.24) is 9.62 Å². The maximum absolute atomic E-state index is 14.8. The summed E-state index contributed by atoms with van der Waals surface area (Å²) in [7, 11) is -4.07. The molecule has 1 saturated heterocycles. The molecule has 3 atom stereocenters. The van der Waals surface area contributed by atoms with E-state index >= 15 is 0 Å². The molecule has 3 N–H and O–H groups in total. The zero-order chi connectivity index (χ0) is 30.4. The Kier molecular flexibility index (Phi) is 10.4. The molecule has 1 fully saturated rings. The van der Waals surface area contributed by atoms with Crippen LogP contribution in [0.2, 0.25) is 0 Å². The second kappa shape index (κ2) is 13.8. The third-order valence-electron chi connectivity index (χ3n) is 6.95. The number of carbonyl (C=O) groups excluding carboxylic acids is 2. The SMILES string of the molecule is CC(C)[C@@H](N)C(=O)OCC[C@H](NC(=O)[C@@H]1SCCN1S(=O)(=O)c1ccc(-c2ccccc2)cc1)c1c(F)cccc1F. The van der Waals surface area contributed by atoms with Crippen molar-refractivity contribution in [1.29, 1.82) is 0 Å². The molecule has 8 nitrogen and oxygen atoms in total. The second-order valence-corrected chi connectivity index (χ2v) is 13.2. The zero-order valence-electron chi connectivity index (χ0n) is 23.2. The van der Waals surface area contributed by atoms with E-state index in [4.69, 9.17) is 10.5 Å². The number of nitrogens with zero attached hydrogens (tertiary/aromatic N) is 1. The predicted molar refractivity (Wildman–Crippen MR) is 158 cm³/mol. The van der Waals surface area contributed by atoms with Gasteiger partial charge in [-0.05, 0) is 41.3 Å². The lowest BCUT2D eigenvalue weighted by Crippen LogP contribution is -2.46. The molecule has 3 aromatic rings. The van der Waals surface area contributed by atoms with E-state index < -0.39 is 56.6 Å². The summed E-state index contributed by atoms with van der Waals surface area (Å²) in [4.78, 5) is 25.7. The summed E-state index contributed by atoms with van der Waals surface area (Å²) in [5, 5.41) is 1.43. The summed E-state index contributed by atoms with van der Waals surface area (Å²) in [6.07, 6.45) is -0.161. The standard InChI is InChI=1S/C30H33F2N3O5S2/c1-19(2)27(33)30(37)40-17-15-25(26-23(31)9-6-10-24(26)32)34-28(36)29-35(16-18-41-29)42(38,39)22-13-11-21(12-14-22)20-7-4-3-5-8-20/h3-14,19,25,27,29H,15-18,33H2,1-2H3,(H,34,36)/t25-,27+,29-/m0/s1. The number of hydrogen-bond acceptors (Lipinski definition) is 7. The number of nitrogens with two attached hydrogens (primary N) is 1. The van der Waals surface area contributed by atoms with Crippen LogP contribution < -0.4 is 11.1 Å². The molecule has 1 aliphatic heterocycles. The predicted octanol–water partition coefficient (Wildman–Crippen LogP) is 4.47. The van der Waals surface area contributed by atoms with E-state index in [2.05, 4.69) is 5.32 Å². The molecule has 224 valence electrons. The number of hydrogen-bond donors (Lipinski definition) is 2. The highest BCUT2D eigenvalue weighted by molar-refractivity contribution is 8.02. The van der Waals surface area contributed by atoms with E-state index in [1.165, 1.54) is 18.2 Å². The number of rotatable bonds is 11. The van der Waals surface area contributed by atoms with E-state index in [-0.39, 0.29) is 30.4 Å². The van der Waals surface area contributed by atoms with Crippen molar-refractivity contribution in [2.75, 3.05) is 18.9 Å². The van der Waals surface area contributed by atoms with Crippen molar-refractivity contribution in [3.63, 3.8) is 0 Å². The minimum Gasteiger partial charge on any atom is -0.464 e. The number of ether oxygens (including phenoxy) is 1. The largest absolute Gasteiger partial charge is 0.464 e. The van der Waals surface area contributed by atoms with Crippen molar-refractivity contribution in [3.05, 3.63) is 90.0 Å². The van der Waals surface area contributed by atoms with Crippen LogP contribution >= 0.6 is 11.8 Å². The van der Waals surface area contributed by atoms with Gasteiger partial charge in [-0.25, -0.2) is 17.2 Å². The Morgan fingerprint density at radius 3 is 2.24 bits per heavy atom. The molecule has 0 radical (unpaired) electrons. The highest BCUT2D eigenvalue weighted by atomic mass is 32.2.